The van der Waals surface area contributed by atoms with Crippen molar-refractivity contribution in [2.24, 2.45) is 0 Å². The molecule has 0 unspecified atom stereocenters. The lowest BCUT2D eigenvalue weighted by Gasteiger charge is -2.10. The van der Waals surface area contributed by atoms with Crippen LogP contribution < -0.4 is 14.4 Å². The van der Waals surface area contributed by atoms with Crippen molar-refractivity contribution in [3.8, 4) is 22.9 Å². The Bertz CT molecular complexity index is 943. The Hall–Kier alpha value is -3.00. The van der Waals surface area contributed by atoms with Crippen LogP contribution in [-0.2, 0) is 6.54 Å². The maximum Gasteiger partial charge on any atom is 0.262 e. The van der Waals surface area contributed by atoms with Gasteiger partial charge in [-0.05, 0) is 18.2 Å². The minimum atomic E-state index is -0.0746. The van der Waals surface area contributed by atoms with Crippen LogP contribution in [-0.4, -0.2) is 35.1 Å². The van der Waals surface area contributed by atoms with Gasteiger partial charge in [0.2, 0.25) is 0 Å². The first kappa shape index (κ1) is 15.5. The van der Waals surface area contributed by atoms with E-state index in [2.05, 4.69) is 15.0 Å². The lowest BCUT2D eigenvalue weighted by Crippen LogP contribution is -2.22. The summed E-state index contributed by atoms with van der Waals surface area (Å²) in [6.45, 7) is 0.413. The standard InChI is InChI=1S/C17H14N4O3S/c1-23-14-7-10(8-19-15(14)24-2)12-4-3-11-13(20-12)9-21(16(11)22)17-18-5-6-25-17/h3-8H,9H2,1-2H3. The topological polar surface area (TPSA) is 77.4 Å². The Labute approximate surface area is 147 Å². The number of rotatable bonds is 4. The van der Waals surface area contributed by atoms with Crippen LogP contribution >= 0.6 is 11.3 Å². The summed E-state index contributed by atoms with van der Waals surface area (Å²) in [5.74, 6) is 0.870. The lowest BCUT2D eigenvalue weighted by molar-refractivity contribution is 0.0996. The van der Waals surface area contributed by atoms with E-state index in [1.54, 1.807) is 30.5 Å². The highest BCUT2D eigenvalue weighted by Gasteiger charge is 2.31. The van der Waals surface area contributed by atoms with E-state index in [9.17, 15) is 4.79 Å². The molecule has 1 aliphatic heterocycles. The number of methoxy groups -OCH3 is 2. The Kier molecular flexibility index (Phi) is 3.81. The van der Waals surface area contributed by atoms with Gasteiger partial charge < -0.3 is 9.47 Å². The first-order valence-electron chi connectivity index (χ1n) is 7.51. The Balaban J connectivity index is 1.70. The summed E-state index contributed by atoms with van der Waals surface area (Å²) in [7, 11) is 3.10. The Morgan fingerprint density at radius 1 is 1.20 bits per heavy atom. The molecule has 0 spiro atoms. The van der Waals surface area contributed by atoms with Gasteiger partial charge in [-0.3, -0.25) is 14.7 Å². The average molecular weight is 354 g/mol. The Morgan fingerprint density at radius 3 is 2.80 bits per heavy atom. The van der Waals surface area contributed by atoms with E-state index in [4.69, 9.17) is 9.47 Å². The predicted molar refractivity (Wildman–Crippen MR) is 93.2 cm³/mol. The fourth-order valence-electron chi connectivity index (χ4n) is 2.72. The predicted octanol–water partition coefficient (Wildman–Crippen LogP) is 2.78. The summed E-state index contributed by atoms with van der Waals surface area (Å²) in [4.78, 5) is 27.3. The molecule has 0 N–H and O–H groups in total. The van der Waals surface area contributed by atoms with Crippen LogP contribution in [0.15, 0.2) is 36.0 Å². The number of hydrogen-bond acceptors (Lipinski definition) is 7. The zero-order valence-electron chi connectivity index (χ0n) is 13.6. The third-order valence-corrected chi connectivity index (χ3v) is 4.73. The van der Waals surface area contributed by atoms with Gasteiger partial charge in [-0.15, -0.1) is 11.3 Å². The number of fused-ring (bicyclic) bond motifs is 1. The van der Waals surface area contributed by atoms with Crippen LogP contribution in [0.25, 0.3) is 11.3 Å². The van der Waals surface area contributed by atoms with Crippen molar-refractivity contribution in [1.82, 2.24) is 15.0 Å². The fourth-order valence-corrected chi connectivity index (χ4v) is 3.36. The smallest absolute Gasteiger partial charge is 0.262 e. The van der Waals surface area contributed by atoms with Crippen molar-refractivity contribution >= 4 is 22.4 Å². The molecule has 1 aliphatic rings. The second-order valence-corrected chi connectivity index (χ2v) is 6.21. The van der Waals surface area contributed by atoms with Crippen molar-refractivity contribution in [2.75, 3.05) is 19.1 Å². The number of ether oxygens (including phenoxy) is 2. The molecule has 0 radical (unpaired) electrons. The monoisotopic (exact) mass is 354 g/mol. The third kappa shape index (κ3) is 2.60. The summed E-state index contributed by atoms with van der Waals surface area (Å²) >= 11 is 1.43. The fraction of sp³-hybridized carbons (Fsp3) is 0.176. The number of hydrogen-bond donors (Lipinski definition) is 0. The van der Waals surface area contributed by atoms with Crippen LogP contribution in [0.4, 0.5) is 5.13 Å². The van der Waals surface area contributed by atoms with E-state index in [1.807, 2.05) is 17.5 Å². The van der Waals surface area contributed by atoms with Gasteiger partial charge in [0, 0.05) is 23.3 Å². The van der Waals surface area contributed by atoms with Crippen LogP contribution in [0.2, 0.25) is 0 Å². The molecule has 1 amide bonds. The molecular formula is C17H14N4O3S. The van der Waals surface area contributed by atoms with Gasteiger partial charge >= 0.3 is 0 Å². The molecule has 0 aromatic carbocycles. The van der Waals surface area contributed by atoms with E-state index in [-0.39, 0.29) is 5.91 Å². The van der Waals surface area contributed by atoms with Crippen molar-refractivity contribution < 1.29 is 14.3 Å². The zero-order valence-corrected chi connectivity index (χ0v) is 14.4. The molecule has 126 valence electrons. The van der Waals surface area contributed by atoms with E-state index >= 15 is 0 Å². The van der Waals surface area contributed by atoms with Crippen LogP contribution in [0.5, 0.6) is 11.6 Å². The van der Waals surface area contributed by atoms with Crippen LogP contribution in [0, 0.1) is 0 Å². The summed E-state index contributed by atoms with van der Waals surface area (Å²) in [5.41, 5.74) is 2.85. The Morgan fingerprint density at radius 2 is 2.08 bits per heavy atom. The minimum Gasteiger partial charge on any atom is -0.491 e. The van der Waals surface area contributed by atoms with Crippen molar-refractivity contribution in [3.05, 3.63) is 47.2 Å². The largest absolute Gasteiger partial charge is 0.491 e. The molecule has 0 aliphatic carbocycles. The molecule has 3 aromatic rings. The number of aromatic nitrogens is 3. The molecule has 8 heteroatoms. The highest BCUT2D eigenvalue weighted by atomic mass is 32.1. The first-order valence-corrected chi connectivity index (χ1v) is 8.39. The molecule has 4 heterocycles. The molecule has 25 heavy (non-hydrogen) atoms. The number of nitrogens with zero attached hydrogens (tertiary/aromatic N) is 4. The number of pyridine rings is 2. The normalized spacial score (nSPS) is 13.0. The molecule has 0 fully saturated rings. The lowest BCUT2D eigenvalue weighted by atomic mass is 10.1. The van der Waals surface area contributed by atoms with Crippen molar-refractivity contribution in [3.63, 3.8) is 0 Å². The highest BCUT2D eigenvalue weighted by Crippen LogP contribution is 2.32. The quantitative estimate of drug-likeness (QED) is 0.717. The molecule has 3 aromatic heterocycles. The summed E-state index contributed by atoms with van der Waals surface area (Å²) < 4.78 is 10.4. The van der Waals surface area contributed by atoms with Crippen molar-refractivity contribution in [2.45, 2.75) is 6.54 Å². The molecule has 4 rings (SSSR count). The number of carbonyl (C=O) groups is 1. The zero-order chi connectivity index (χ0) is 17.4. The second kappa shape index (κ2) is 6.14. The maximum atomic E-state index is 12.5. The van der Waals surface area contributed by atoms with E-state index in [0.29, 0.717) is 28.9 Å². The maximum absolute atomic E-state index is 12.5. The van der Waals surface area contributed by atoms with Gasteiger partial charge in [0.15, 0.2) is 10.9 Å². The highest BCUT2D eigenvalue weighted by molar-refractivity contribution is 7.13. The summed E-state index contributed by atoms with van der Waals surface area (Å²) in [6, 6.07) is 5.42. The molecule has 7 nitrogen and oxygen atoms in total. The van der Waals surface area contributed by atoms with E-state index in [1.165, 1.54) is 18.4 Å². The van der Waals surface area contributed by atoms with Gasteiger partial charge in [0.1, 0.15) is 0 Å². The third-order valence-electron chi connectivity index (χ3n) is 3.94. The van der Waals surface area contributed by atoms with Crippen LogP contribution in [0.1, 0.15) is 16.1 Å². The molecule has 0 saturated carbocycles. The van der Waals surface area contributed by atoms with E-state index < -0.39 is 0 Å². The number of thiazole rings is 1. The SMILES string of the molecule is COc1cc(-c2ccc3c(n2)CN(c2nccs2)C3=O)cnc1OC. The van der Waals surface area contributed by atoms with E-state index in [0.717, 1.165) is 17.0 Å². The van der Waals surface area contributed by atoms with Crippen LogP contribution in [0.3, 0.4) is 0 Å². The second-order valence-electron chi connectivity index (χ2n) is 5.33. The number of anilines is 1. The van der Waals surface area contributed by atoms with Gasteiger partial charge in [0.05, 0.1) is 37.7 Å². The number of amides is 1. The number of carbonyl (C=O) groups excluding carboxylic acids is 1. The molecular weight excluding hydrogens is 340 g/mol. The van der Waals surface area contributed by atoms with Crippen molar-refractivity contribution in [1.29, 1.82) is 0 Å². The summed E-state index contributed by atoms with van der Waals surface area (Å²) in [5, 5.41) is 2.53. The minimum absolute atomic E-state index is 0.0746. The average Bonchev–Trinajstić information content (AvgIpc) is 3.29. The van der Waals surface area contributed by atoms with Gasteiger partial charge in [0.25, 0.3) is 11.8 Å². The molecule has 0 atom stereocenters. The summed E-state index contributed by atoms with van der Waals surface area (Å²) in [6.07, 6.45) is 3.36. The van der Waals surface area contributed by atoms with Gasteiger partial charge in [-0.1, -0.05) is 0 Å². The first-order chi connectivity index (χ1) is 12.2. The molecule has 0 bridgehead atoms. The molecule has 0 saturated heterocycles. The van der Waals surface area contributed by atoms with Gasteiger partial charge in [-0.25, -0.2) is 9.97 Å². The van der Waals surface area contributed by atoms with Gasteiger partial charge in [-0.2, -0.15) is 0 Å².